The topological polar surface area (TPSA) is 35.5 Å². The Morgan fingerprint density at radius 1 is 1.04 bits per heavy atom. The number of carbonyl (C=O) groups excluding carboxylic acids is 1. The first-order valence-corrected chi connectivity index (χ1v) is 7.62. The van der Waals surface area contributed by atoms with Crippen LogP contribution in [0.3, 0.4) is 0 Å². The molecule has 2 aromatic carbocycles. The molecule has 1 saturated heterocycles. The molecule has 2 atom stereocenters. The van der Waals surface area contributed by atoms with E-state index in [1.807, 2.05) is 54.6 Å². The number of hydrogen-bond donors (Lipinski definition) is 0. The highest BCUT2D eigenvalue weighted by molar-refractivity contribution is 5.80. The first-order valence-electron chi connectivity index (χ1n) is 7.62. The van der Waals surface area contributed by atoms with Gasteiger partial charge < -0.3 is 9.47 Å². The normalized spacial score (nSPS) is 20.5. The molecule has 1 aliphatic rings. The van der Waals surface area contributed by atoms with Crippen molar-refractivity contribution in [2.75, 3.05) is 7.11 Å². The Hall–Kier alpha value is -2.57. The fraction of sp³-hybridized carbons (Fsp3) is 0.250. The van der Waals surface area contributed by atoms with Crippen molar-refractivity contribution < 1.29 is 14.3 Å². The summed E-state index contributed by atoms with van der Waals surface area (Å²) >= 11 is 0. The number of benzene rings is 2. The molecule has 3 rings (SSSR count). The highest BCUT2D eigenvalue weighted by Crippen LogP contribution is 2.30. The molecule has 0 unspecified atom stereocenters. The molecule has 0 spiro atoms. The van der Waals surface area contributed by atoms with Crippen LogP contribution in [-0.4, -0.2) is 19.0 Å². The predicted octanol–water partition coefficient (Wildman–Crippen LogP) is 3.54. The van der Waals surface area contributed by atoms with E-state index in [1.54, 1.807) is 7.11 Å². The number of hydrogen-bond acceptors (Lipinski definition) is 3. The van der Waals surface area contributed by atoms with E-state index in [-0.39, 0.29) is 18.0 Å². The average molecular weight is 306 g/mol. The molecule has 3 heteroatoms. The zero-order chi connectivity index (χ0) is 16.1. The highest BCUT2D eigenvalue weighted by atomic mass is 16.5. The largest absolute Gasteiger partial charge is 0.497 e. The fourth-order valence-corrected chi connectivity index (χ4v) is 2.58. The molecule has 1 heterocycles. The quantitative estimate of drug-likeness (QED) is 0.796. The van der Waals surface area contributed by atoms with Gasteiger partial charge in [-0.25, -0.2) is 0 Å². The van der Waals surface area contributed by atoms with Crippen LogP contribution < -0.4 is 4.74 Å². The number of ether oxygens (including phenoxy) is 2. The Balaban J connectivity index is 1.74. The van der Waals surface area contributed by atoms with E-state index in [0.29, 0.717) is 12.8 Å². The maximum absolute atomic E-state index is 12.0. The van der Waals surface area contributed by atoms with Gasteiger partial charge in [0.2, 0.25) is 0 Å². The molecule has 0 radical (unpaired) electrons. The van der Waals surface area contributed by atoms with E-state index in [9.17, 15) is 4.79 Å². The minimum absolute atomic E-state index is 0.185. The molecular weight excluding hydrogens is 288 g/mol. The summed E-state index contributed by atoms with van der Waals surface area (Å²) in [6.07, 6.45) is 0.156. The second-order valence-corrected chi connectivity index (χ2v) is 5.47. The number of Topliss-reactive ketones (excluding diaryl/α,β-unsaturated/α-hetero) is 1. The second kappa shape index (κ2) is 7.13. The number of ketones is 1. The predicted molar refractivity (Wildman–Crippen MR) is 88.2 cm³/mol. The summed E-state index contributed by atoms with van der Waals surface area (Å²) < 4.78 is 11.2. The van der Waals surface area contributed by atoms with Crippen LogP contribution in [0.5, 0.6) is 5.75 Å². The van der Waals surface area contributed by atoms with Crippen molar-refractivity contribution in [2.45, 2.75) is 25.0 Å². The van der Waals surface area contributed by atoms with Gasteiger partial charge in [-0.15, -0.1) is 0 Å². The lowest BCUT2D eigenvalue weighted by molar-refractivity contribution is -0.132. The van der Waals surface area contributed by atoms with Crippen LogP contribution in [-0.2, 0) is 9.53 Å². The average Bonchev–Trinajstić information content (AvgIpc) is 2.60. The minimum Gasteiger partial charge on any atom is -0.497 e. The lowest BCUT2D eigenvalue weighted by atomic mass is 9.97. The molecule has 1 fully saturated rings. The summed E-state index contributed by atoms with van der Waals surface area (Å²) in [7, 11) is 1.63. The Bertz CT molecular complexity index is 723. The SMILES string of the molecule is COc1ccc([C@H]2CC(=O)C[C@@H](C#Cc3ccccc3)O2)cc1. The number of methoxy groups -OCH3 is 1. The molecule has 3 nitrogen and oxygen atoms in total. The molecule has 116 valence electrons. The van der Waals surface area contributed by atoms with E-state index < -0.39 is 0 Å². The minimum atomic E-state index is -0.358. The van der Waals surface area contributed by atoms with Gasteiger partial charge >= 0.3 is 0 Å². The summed E-state index contributed by atoms with van der Waals surface area (Å²) in [5.41, 5.74) is 1.90. The smallest absolute Gasteiger partial charge is 0.139 e. The van der Waals surface area contributed by atoms with Crippen molar-refractivity contribution in [1.29, 1.82) is 0 Å². The summed E-state index contributed by atoms with van der Waals surface area (Å²) in [6, 6.07) is 17.3. The van der Waals surface area contributed by atoms with Crippen molar-refractivity contribution >= 4 is 5.78 Å². The zero-order valence-electron chi connectivity index (χ0n) is 13.0. The Labute approximate surface area is 136 Å². The zero-order valence-corrected chi connectivity index (χ0v) is 13.0. The van der Waals surface area contributed by atoms with Crippen molar-refractivity contribution in [1.82, 2.24) is 0 Å². The Morgan fingerprint density at radius 2 is 1.78 bits per heavy atom. The van der Waals surface area contributed by atoms with Gasteiger partial charge in [-0.3, -0.25) is 4.79 Å². The Kier molecular flexibility index (Phi) is 4.75. The van der Waals surface area contributed by atoms with E-state index in [0.717, 1.165) is 16.9 Å². The standard InChI is InChI=1S/C20H18O3/c1-22-18-11-8-16(9-12-18)20-14-17(21)13-19(23-20)10-7-15-5-3-2-4-6-15/h2-6,8-9,11-12,19-20H,13-14H2,1H3/t19-,20-/m1/s1. The van der Waals surface area contributed by atoms with Gasteiger partial charge in [-0.05, 0) is 29.8 Å². The van der Waals surface area contributed by atoms with Crippen LogP contribution in [0.4, 0.5) is 0 Å². The molecule has 1 aliphatic heterocycles. The van der Waals surface area contributed by atoms with Gasteiger partial charge in [0.25, 0.3) is 0 Å². The van der Waals surface area contributed by atoms with Crippen LogP contribution in [0, 0.1) is 11.8 Å². The van der Waals surface area contributed by atoms with E-state index >= 15 is 0 Å². The van der Waals surface area contributed by atoms with Crippen molar-refractivity contribution in [2.24, 2.45) is 0 Å². The van der Waals surface area contributed by atoms with Gasteiger partial charge in [0.05, 0.1) is 13.2 Å². The molecule has 23 heavy (non-hydrogen) atoms. The first kappa shape index (κ1) is 15.3. The maximum atomic E-state index is 12.0. The van der Waals surface area contributed by atoms with Crippen LogP contribution >= 0.6 is 0 Å². The van der Waals surface area contributed by atoms with Crippen LogP contribution in [0.15, 0.2) is 54.6 Å². The van der Waals surface area contributed by atoms with Crippen molar-refractivity contribution in [3.05, 3.63) is 65.7 Å². The third-order valence-corrected chi connectivity index (χ3v) is 3.79. The summed E-state index contributed by atoms with van der Waals surface area (Å²) in [5.74, 6) is 7.12. The van der Waals surface area contributed by atoms with Crippen LogP contribution in [0.25, 0.3) is 0 Å². The molecule has 0 saturated carbocycles. The summed E-state index contributed by atoms with van der Waals surface area (Å²) in [4.78, 5) is 12.0. The second-order valence-electron chi connectivity index (χ2n) is 5.47. The lowest BCUT2D eigenvalue weighted by Crippen LogP contribution is -2.27. The number of carbonyl (C=O) groups is 1. The van der Waals surface area contributed by atoms with E-state index in [4.69, 9.17) is 9.47 Å². The molecule has 0 N–H and O–H groups in total. The summed E-state index contributed by atoms with van der Waals surface area (Å²) in [5, 5.41) is 0. The van der Waals surface area contributed by atoms with Crippen molar-refractivity contribution in [3.63, 3.8) is 0 Å². The Morgan fingerprint density at radius 3 is 2.48 bits per heavy atom. The molecule has 0 amide bonds. The number of rotatable bonds is 2. The molecule has 0 bridgehead atoms. The molecule has 0 aliphatic carbocycles. The van der Waals surface area contributed by atoms with E-state index in [1.165, 1.54) is 0 Å². The van der Waals surface area contributed by atoms with Gasteiger partial charge in [-0.1, -0.05) is 42.2 Å². The van der Waals surface area contributed by atoms with Gasteiger partial charge in [0, 0.05) is 18.4 Å². The summed E-state index contributed by atoms with van der Waals surface area (Å²) in [6.45, 7) is 0. The highest BCUT2D eigenvalue weighted by Gasteiger charge is 2.27. The molecular formula is C20H18O3. The third-order valence-electron chi connectivity index (χ3n) is 3.79. The van der Waals surface area contributed by atoms with E-state index in [2.05, 4.69) is 11.8 Å². The van der Waals surface area contributed by atoms with Crippen LogP contribution in [0.1, 0.15) is 30.1 Å². The monoisotopic (exact) mass is 306 g/mol. The molecule has 0 aromatic heterocycles. The van der Waals surface area contributed by atoms with Gasteiger partial charge in [0.1, 0.15) is 17.6 Å². The first-order chi connectivity index (χ1) is 11.2. The van der Waals surface area contributed by atoms with Crippen LogP contribution in [0.2, 0.25) is 0 Å². The third kappa shape index (κ3) is 4.00. The van der Waals surface area contributed by atoms with Gasteiger partial charge in [0.15, 0.2) is 0 Å². The maximum Gasteiger partial charge on any atom is 0.139 e. The van der Waals surface area contributed by atoms with Crippen molar-refractivity contribution in [3.8, 4) is 17.6 Å². The fourth-order valence-electron chi connectivity index (χ4n) is 2.58. The molecule has 2 aromatic rings. The lowest BCUT2D eigenvalue weighted by Gasteiger charge is -2.26. The van der Waals surface area contributed by atoms with Gasteiger partial charge in [-0.2, -0.15) is 0 Å².